The highest BCUT2D eigenvalue weighted by Gasteiger charge is 2.33. The molecule has 0 unspecified atom stereocenters. The van der Waals surface area contributed by atoms with Gasteiger partial charge >= 0.3 is 5.69 Å². The number of aromatic nitrogens is 2. The highest BCUT2D eigenvalue weighted by Crippen LogP contribution is 2.31. The Morgan fingerprint density at radius 1 is 1.27 bits per heavy atom. The first-order valence-electron chi connectivity index (χ1n) is 9.75. The van der Waals surface area contributed by atoms with E-state index in [1.165, 1.54) is 29.7 Å². The zero-order valence-corrected chi connectivity index (χ0v) is 15.8. The van der Waals surface area contributed by atoms with Crippen molar-refractivity contribution in [1.82, 2.24) is 19.4 Å². The minimum absolute atomic E-state index is 0.0852. The van der Waals surface area contributed by atoms with E-state index >= 15 is 0 Å². The third kappa shape index (κ3) is 4.84. The number of nitrogens with zero attached hydrogens (tertiary/aromatic N) is 3. The van der Waals surface area contributed by atoms with E-state index in [4.69, 9.17) is 0 Å². The van der Waals surface area contributed by atoms with Gasteiger partial charge in [0.1, 0.15) is 0 Å². The molecule has 0 spiro atoms. The Kier molecular flexibility index (Phi) is 5.96. The monoisotopic (exact) mass is 362 g/mol. The smallest absolute Gasteiger partial charge is 0.328 e. The maximum absolute atomic E-state index is 12.7. The molecular formula is C19H30N4O3. The Balaban J connectivity index is 1.60. The fraction of sp³-hybridized carbons (Fsp3) is 0.737. The first-order chi connectivity index (χ1) is 12.4. The van der Waals surface area contributed by atoms with E-state index < -0.39 is 11.2 Å². The number of hydrogen-bond acceptors (Lipinski definition) is 4. The lowest BCUT2D eigenvalue weighted by molar-refractivity contribution is -0.132. The summed E-state index contributed by atoms with van der Waals surface area (Å²) in [7, 11) is 0. The van der Waals surface area contributed by atoms with E-state index in [0.717, 1.165) is 38.5 Å². The predicted molar refractivity (Wildman–Crippen MR) is 100 cm³/mol. The SMILES string of the molecule is CC(C)[C@@H]1CN(C(=O)CCn2ccc(=O)[nH]c2=O)CCCN1CC1CC1. The molecule has 1 aliphatic carbocycles. The van der Waals surface area contributed by atoms with Gasteiger partial charge in [-0.2, -0.15) is 0 Å². The summed E-state index contributed by atoms with van der Waals surface area (Å²) >= 11 is 0. The molecule has 0 radical (unpaired) electrons. The number of rotatable bonds is 6. The molecule has 1 saturated heterocycles. The third-order valence-corrected chi connectivity index (χ3v) is 5.53. The van der Waals surface area contributed by atoms with Gasteiger partial charge in [0.15, 0.2) is 0 Å². The average Bonchev–Trinajstić information content (AvgIpc) is 3.41. The van der Waals surface area contributed by atoms with Crippen molar-refractivity contribution >= 4 is 5.91 Å². The Morgan fingerprint density at radius 2 is 2.04 bits per heavy atom. The lowest BCUT2D eigenvalue weighted by atomic mass is 10.0. The van der Waals surface area contributed by atoms with Crippen LogP contribution in [-0.2, 0) is 11.3 Å². The largest absolute Gasteiger partial charge is 0.341 e. The number of nitrogens with one attached hydrogen (secondary N) is 1. The van der Waals surface area contributed by atoms with Gasteiger partial charge in [0.2, 0.25) is 5.91 Å². The van der Waals surface area contributed by atoms with Gasteiger partial charge in [-0.25, -0.2) is 4.79 Å². The highest BCUT2D eigenvalue weighted by molar-refractivity contribution is 5.76. The molecule has 144 valence electrons. The number of aromatic amines is 1. The van der Waals surface area contributed by atoms with Crippen molar-refractivity contribution in [1.29, 1.82) is 0 Å². The highest BCUT2D eigenvalue weighted by atomic mass is 16.2. The van der Waals surface area contributed by atoms with E-state index in [1.807, 2.05) is 4.90 Å². The molecule has 26 heavy (non-hydrogen) atoms. The van der Waals surface area contributed by atoms with Gasteiger partial charge in [-0.15, -0.1) is 0 Å². The lowest BCUT2D eigenvalue weighted by Gasteiger charge is -2.34. The van der Waals surface area contributed by atoms with Crippen LogP contribution in [0.15, 0.2) is 21.9 Å². The van der Waals surface area contributed by atoms with Gasteiger partial charge in [-0.3, -0.25) is 19.5 Å². The van der Waals surface area contributed by atoms with Crippen molar-refractivity contribution < 1.29 is 4.79 Å². The normalized spacial score (nSPS) is 21.8. The van der Waals surface area contributed by atoms with Crippen LogP contribution in [0, 0.1) is 11.8 Å². The van der Waals surface area contributed by atoms with Crippen molar-refractivity contribution in [2.24, 2.45) is 11.8 Å². The summed E-state index contributed by atoms with van der Waals surface area (Å²) < 4.78 is 1.39. The molecule has 3 rings (SSSR count). The van der Waals surface area contributed by atoms with Gasteiger partial charge in [0.25, 0.3) is 5.56 Å². The molecule has 2 aliphatic rings. The van der Waals surface area contributed by atoms with Crippen molar-refractivity contribution in [3.05, 3.63) is 33.1 Å². The molecule has 7 nitrogen and oxygen atoms in total. The fourth-order valence-corrected chi connectivity index (χ4v) is 3.78. The number of aryl methyl sites for hydroxylation is 1. The summed E-state index contributed by atoms with van der Waals surface area (Å²) in [4.78, 5) is 42.4. The van der Waals surface area contributed by atoms with Crippen LogP contribution < -0.4 is 11.2 Å². The molecule has 1 N–H and O–H groups in total. The van der Waals surface area contributed by atoms with Crippen LogP contribution in [0.3, 0.4) is 0 Å². The maximum Gasteiger partial charge on any atom is 0.328 e. The lowest BCUT2D eigenvalue weighted by Crippen LogP contribution is -2.46. The molecule has 2 fully saturated rings. The second-order valence-electron chi connectivity index (χ2n) is 8.00. The summed E-state index contributed by atoms with van der Waals surface area (Å²) in [5, 5.41) is 0. The van der Waals surface area contributed by atoms with Crippen LogP contribution in [0.25, 0.3) is 0 Å². The molecule has 1 aliphatic heterocycles. The topological polar surface area (TPSA) is 78.4 Å². The number of H-pyrrole nitrogens is 1. The van der Waals surface area contributed by atoms with Gasteiger partial charge in [-0.05, 0) is 31.1 Å². The van der Waals surface area contributed by atoms with Gasteiger partial charge in [0.05, 0.1) is 0 Å². The van der Waals surface area contributed by atoms with Gasteiger partial charge in [-0.1, -0.05) is 13.8 Å². The van der Waals surface area contributed by atoms with Crippen molar-refractivity contribution in [2.75, 3.05) is 26.2 Å². The van der Waals surface area contributed by atoms with Crippen LogP contribution >= 0.6 is 0 Å². The van der Waals surface area contributed by atoms with Crippen LogP contribution in [0.5, 0.6) is 0 Å². The minimum atomic E-state index is -0.461. The molecule has 1 aromatic rings. The summed E-state index contributed by atoms with van der Waals surface area (Å²) in [6.07, 6.45) is 5.42. The number of carbonyl (C=O) groups is 1. The number of hydrogen-bond donors (Lipinski definition) is 1. The molecular weight excluding hydrogens is 332 g/mol. The summed E-state index contributed by atoms with van der Waals surface area (Å²) in [6.45, 7) is 8.54. The van der Waals surface area contributed by atoms with Crippen molar-refractivity contribution in [3.63, 3.8) is 0 Å². The van der Waals surface area contributed by atoms with Crippen LogP contribution in [0.1, 0.15) is 39.5 Å². The van der Waals surface area contributed by atoms with E-state index in [-0.39, 0.29) is 12.3 Å². The van der Waals surface area contributed by atoms with E-state index in [1.54, 1.807) is 0 Å². The van der Waals surface area contributed by atoms with Crippen LogP contribution in [0.4, 0.5) is 0 Å². The van der Waals surface area contributed by atoms with Gasteiger partial charge in [0, 0.05) is 57.4 Å². The van der Waals surface area contributed by atoms with Gasteiger partial charge < -0.3 is 9.47 Å². The molecule has 0 bridgehead atoms. The fourth-order valence-electron chi connectivity index (χ4n) is 3.78. The molecule has 7 heteroatoms. The second-order valence-corrected chi connectivity index (χ2v) is 8.00. The summed E-state index contributed by atoms with van der Waals surface area (Å²) in [5.74, 6) is 1.44. The van der Waals surface area contributed by atoms with Crippen LogP contribution in [0.2, 0.25) is 0 Å². The molecule has 1 aromatic heterocycles. The minimum Gasteiger partial charge on any atom is -0.341 e. The van der Waals surface area contributed by atoms with E-state index in [2.05, 4.69) is 23.7 Å². The molecule has 0 aromatic carbocycles. The summed E-state index contributed by atoms with van der Waals surface area (Å²) in [5.41, 5.74) is -0.877. The quantitative estimate of drug-likeness (QED) is 0.815. The Hall–Kier alpha value is -1.89. The first kappa shape index (κ1) is 18.9. The van der Waals surface area contributed by atoms with E-state index in [0.29, 0.717) is 18.5 Å². The third-order valence-electron chi connectivity index (χ3n) is 5.53. The predicted octanol–water partition coefficient (Wildman–Crippen LogP) is 0.896. The Morgan fingerprint density at radius 3 is 2.69 bits per heavy atom. The Labute approximate surface area is 154 Å². The first-order valence-corrected chi connectivity index (χ1v) is 9.75. The number of amides is 1. The van der Waals surface area contributed by atoms with Crippen LogP contribution in [-0.4, -0.2) is 57.5 Å². The second kappa shape index (κ2) is 8.20. The standard InChI is InChI=1S/C19H30N4O3/c1-14(2)16-13-23(9-3-8-22(16)12-15-4-5-15)18(25)7-11-21-10-6-17(24)20-19(21)26/h6,10,14-16H,3-5,7-9,11-13H2,1-2H3,(H,20,24,26)/t16-/m0/s1. The average molecular weight is 362 g/mol. The van der Waals surface area contributed by atoms with E-state index in [9.17, 15) is 14.4 Å². The molecule has 1 amide bonds. The zero-order chi connectivity index (χ0) is 18.7. The summed E-state index contributed by atoms with van der Waals surface area (Å²) in [6, 6.07) is 1.71. The molecule has 1 atom stereocenters. The van der Waals surface area contributed by atoms with Crippen molar-refractivity contribution in [3.8, 4) is 0 Å². The molecule has 2 heterocycles. The maximum atomic E-state index is 12.7. The zero-order valence-electron chi connectivity index (χ0n) is 15.8. The molecule has 1 saturated carbocycles. The number of carbonyl (C=O) groups excluding carboxylic acids is 1. The Bertz CT molecular complexity index is 735. The van der Waals surface area contributed by atoms with Crippen molar-refractivity contribution in [2.45, 2.75) is 52.1 Å².